The zero-order valence-electron chi connectivity index (χ0n) is 10.9. The molecule has 20 heavy (non-hydrogen) atoms. The van der Waals surface area contributed by atoms with Crippen LogP contribution < -0.4 is 5.32 Å². The number of thiazole rings is 1. The Kier molecular flexibility index (Phi) is 3.51. The summed E-state index contributed by atoms with van der Waals surface area (Å²) in [6.07, 6.45) is 0. The Hall–Kier alpha value is -1.78. The van der Waals surface area contributed by atoms with Crippen LogP contribution in [0.3, 0.4) is 0 Å². The highest BCUT2D eigenvalue weighted by atomic mass is 35.5. The Balaban J connectivity index is 1.83. The fourth-order valence-corrected chi connectivity index (χ4v) is 3.17. The van der Waals surface area contributed by atoms with E-state index in [2.05, 4.69) is 16.4 Å². The second kappa shape index (κ2) is 5.31. The molecule has 0 aliphatic carbocycles. The maximum absolute atomic E-state index is 9.81. The first kappa shape index (κ1) is 13.2. The molecule has 5 heteroatoms. The summed E-state index contributed by atoms with van der Waals surface area (Å²) in [5, 5.41) is 14.7. The molecule has 0 unspecified atom stereocenters. The third-order valence-electron chi connectivity index (χ3n) is 3.06. The molecule has 0 aliphatic rings. The van der Waals surface area contributed by atoms with E-state index < -0.39 is 0 Å². The predicted octanol–water partition coefficient (Wildman–Crippen LogP) is 4.58. The van der Waals surface area contributed by atoms with E-state index in [1.807, 2.05) is 19.1 Å². The van der Waals surface area contributed by atoms with Crippen LogP contribution in [0.2, 0.25) is 5.02 Å². The Morgan fingerprint density at radius 3 is 2.95 bits per heavy atom. The standard InChI is InChI=1S/C15H13ClN2OS/c1-9-18-13-6-5-10(7-15(13)20-9)17-8-11-12(16)3-2-4-14(11)19/h2-7,17,19H,8H2,1H3. The summed E-state index contributed by atoms with van der Waals surface area (Å²) in [6, 6.07) is 11.2. The molecule has 0 amide bonds. The molecule has 3 aromatic rings. The molecule has 0 spiro atoms. The summed E-state index contributed by atoms with van der Waals surface area (Å²) < 4.78 is 1.15. The smallest absolute Gasteiger partial charge is 0.122 e. The van der Waals surface area contributed by atoms with Crippen molar-refractivity contribution in [1.29, 1.82) is 0 Å². The van der Waals surface area contributed by atoms with E-state index in [0.717, 1.165) is 20.9 Å². The second-order valence-electron chi connectivity index (χ2n) is 4.51. The van der Waals surface area contributed by atoms with E-state index in [1.165, 1.54) is 0 Å². The van der Waals surface area contributed by atoms with Crippen LogP contribution in [0.25, 0.3) is 10.2 Å². The molecule has 3 nitrogen and oxygen atoms in total. The highest BCUT2D eigenvalue weighted by Gasteiger charge is 2.06. The van der Waals surface area contributed by atoms with Gasteiger partial charge in [-0.15, -0.1) is 11.3 Å². The molecule has 0 fully saturated rings. The number of aromatic hydroxyl groups is 1. The summed E-state index contributed by atoms with van der Waals surface area (Å²) in [6.45, 7) is 2.48. The summed E-state index contributed by atoms with van der Waals surface area (Å²) in [5.74, 6) is 0.208. The van der Waals surface area contributed by atoms with Crippen molar-refractivity contribution in [1.82, 2.24) is 4.98 Å². The van der Waals surface area contributed by atoms with Crippen LogP contribution in [0.4, 0.5) is 5.69 Å². The summed E-state index contributed by atoms with van der Waals surface area (Å²) in [7, 11) is 0. The first-order chi connectivity index (χ1) is 9.63. The molecule has 102 valence electrons. The van der Waals surface area contributed by atoms with E-state index in [0.29, 0.717) is 17.1 Å². The number of aryl methyl sites for hydroxylation is 1. The van der Waals surface area contributed by atoms with Gasteiger partial charge in [0.1, 0.15) is 5.75 Å². The van der Waals surface area contributed by atoms with Crippen LogP contribution in [0.1, 0.15) is 10.6 Å². The van der Waals surface area contributed by atoms with Gasteiger partial charge in [0.15, 0.2) is 0 Å². The van der Waals surface area contributed by atoms with Gasteiger partial charge in [0.05, 0.1) is 15.2 Å². The predicted molar refractivity (Wildman–Crippen MR) is 84.8 cm³/mol. The van der Waals surface area contributed by atoms with Crippen molar-refractivity contribution >= 4 is 38.8 Å². The van der Waals surface area contributed by atoms with Crippen molar-refractivity contribution in [2.75, 3.05) is 5.32 Å². The van der Waals surface area contributed by atoms with Crippen molar-refractivity contribution in [2.45, 2.75) is 13.5 Å². The van der Waals surface area contributed by atoms with E-state index >= 15 is 0 Å². The number of hydrogen-bond acceptors (Lipinski definition) is 4. The van der Waals surface area contributed by atoms with Crippen LogP contribution in [0, 0.1) is 6.92 Å². The lowest BCUT2D eigenvalue weighted by atomic mass is 10.2. The summed E-state index contributed by atoms with van der Waals surface area (Å²) >= 11 is 7.75. The van der Waals surface area contributed by atoms with Crippen molar-refractivity contribution in [3.8, 4) is 5.75 Å². The first-order valence-corrected chi connectivity index (χ1v) is 7.40. The zero-order chi connectivity index (χ0) is 14.1. The molecule has 0 radical (unpaired) electrons. The molecule has 0 aliphatic heterocycles. The number of phenols is 1. The third kappa shape index (κ3) is 2.57. The number of aromatic nitrogens is 1. The van der Waals surface area contributed by atoms with Gasteiger partial charge < -0.3 is 10.4 Å². The normalized spacial score (nSPS) is 10.9. The zero-order valence-corrected chi connectivity index (χ0v) is 12.4. The number of rotatable bonds is 3. The highest BCUT2D eigenvalue weighted by molar-refractivity contribution is 7.18. The van der Waals surface area contributed by atoms with Crippen LogP contribution >= 0.6 is 22.9 Å². The number of fused-ring (bicyclic) bond motifs is 1. The van der Waals surface area contributed by atoms with Gasteiger partial charge in [-0.2, -0.15) is 0 Å². The molecule has 0 bridgehead atoms. The van der Waals surface area contributed by atoms with E-state index in [9.17, 15) is 5.11 Å². The largest absolute Gasteiger partial charge is 0.508 e. The summed E-state index contributed by atoms with van der Waals surface area (Å²) in [4.78, 5) is 4.43. The first-order valence-electron chi connectivity index (χ1n) is 6.21. The van der Waals surface area contributed by atoms with Crippen LogP contribution in [0.15, 0.2) is 36.4 Å². The maximum atomic E-state index is 9.81. The number of hydrogen-bond donors (Lipinski definition) is 2. The van der Waals surface area contributed by atoms with Gasteiger partial charge in [-0.3, -0.25) is 0 Å². The van der Waals surface area contributed by atoms with Crippen molar-refractivity contribution in [2.24, 2.45) is 0 Å². The highest BCUT2D eigenvalue weighted by Crippen LogP contribution is 2.28. The summed E-state index contributed by atoms with van der Waals surface area (Å²) in [5.41, 5.74) is 2.70. The van der Waals surface area contributed by atoms with Gasteiger partial charge in [0.2, 0.25) is 0 Å². The number of phenolic OH excluding ortho intramolecular Hbond substituents is 1. The second-order valence-corrected chi connectivity index (χ2v) is 6.15. The van der Waals surface area contributed by atoms with Gasteiger partial charge in [-0.05, 0) is 37.3 Å². The average molecular weight is 305 g/mol. The number of benzene rings is 2. The molecule has 0 saturated carbocycles. The number of nitrogens with one attached hydrogen (secondary N) is 1. The number of anilines is 1. The van der Waals surface area contributed by atoms with Gasteiger partial charge in [-0.1, -0.05) is 17.7 Å². The molecule has 0 atom stereocenters. The minimum atomic E-state index is 0.208. The molecular weight excluding hydrogens is 292 g/mol. The van der Waals surface area contributed by atoms with E-state index in [4.69, 9.17) is 11.6 Å². The maximum Gasteiger partial charge on any atom is 0.122 e. The molecule has 1 aromatic heterocycles. The van der Waals surface area contributed by atoms with Gasteiger partial charge in [0, 0.05) is 22.8 Å². The Labute approximate surface area is 125 Å². The monoisotopic (exact) mass is 304 g/mol. The van der Waals surface area contributed by atoms with Gasteiger partial charge >= 0.3 is 0 Å². The lowest BCUT2D eigenvalue weighted by Gasteiger charge is -2.09. The molecule has 1 heterocycles. The lowest BCUT2D eigenvalue weighted by molar-refractivity contribution is 0.469. The van der Waals surface area contributed by atoms with Crippen molar-refractivity contribution in [3.05, 3.63) is 52.0 Å². The Morgan fingerprint density at radius 1 is 1.30 bits per heavy atom. The van der Waals surface area contributed by atoms with Gasteiger partial charge in [0.25, 0.3) is 0 Å². The number of nitrogens with zero attached hydrogens (tertiary/aromatic N) is 1. The third-order valence-corrected chi connectivity index (χ3v) is 4.35. The Morgan fingerprint density at radius 2 is 2.15 bits per heavy atom. The SMILES string of the molecule is Cc1nc2ccc(NCc3c(O)cccc3Cl)cc2s1. The van der Waals surface area contributed by atoms with Crippen molar-refractivity contribution in [3.63, 3.8) is 0 Å². The van der Waals surface area contributed by atoms with E-state index in [-0.39, 0.29) is 5.75 Å². The minimum Gasteiger partial charge on any atom is -0.508 e. The molecule has 3 rings (SSSR count). The van der Waals surface area contributed by atoms with Gasteiger partial charge in [-0.25, -0.2) is 4.98 Å². The molecular formula is C15H13ClN2OS. The van der Waals surface area contributed by atoms with Crippen LogP contribution in [0.5, 0.6) is 5.75 Å². The topological polar surface area (TPSA) is 45.2 Å². The van der Waals surface area contributed by atoms with Crippen molar-refractivity contribution < 1.29 is 5.11 Å². The fourth-order valence-electron chi connectivity index (χ4n) is 2.06. The fraction of sp³-hybridized carbons (Fsp3) is 0.133. The molecule has 0 saturated heterocycles. The molecule has 2 aromatic carbocycles. The number of halogens is 1. The lowest BCUT2D eigenvalue weighted by Crippen LogP contribution is -2.00. The molecule has 2 N–H and O–H groups in total. The minimum absolute atomic E-state index is 0.208. The Bertz CT molecular complexity index is 749. The van der Waals surface area contributed by atoms with E-state index in [1.54, 1.807) is 29.5 Å². The van der Waals surface area contributed by atoms with Crippen LogP contribution in [-0.2, 0) is 6.54 Å². The average Bonchev–Trinajstić information content (AvgIpc) is 2.77. The quantitative estimate of drug-likeness (QED) is 0.744. The van der Waals surface area contributed by atoms with Crippen LogP contribution in [-0.4, -0.2) is 10.1 Å².